The van der Waals surface area contributed by atoms with E-state index in [1.807, 2.05) is 0 Å². The summed E-state index contributed by atoms with van der Waals surface area (Å²) in [4.78, 5) is 10.8. The first-order valence-electron chi connectivity index (χ1n) is 6.83. The summed E-state index contributed by atoms with van der Waals surface area (Å²) in [6, 6.07) is 5.18. The van der Waals surface area contributed by atoms with Gasteiger partial charge in [0.1, 0.15) is 11.4 Å². The summed E-state index contributed by atoms with van der Waals surface area (Å²) in [5, 5.41) is 14.5. The van der Waals surface area contributed by atoms with Crippen LogP contribution >= 0.6 is 0 Å². The Morgan fingerprint density at radius 2 is 2.05 bits per heavy atom. The number of hydrogen-bond donors (Lipinski definition) is 3. The van der Waals surface area contributed by atoms with E-state index >= 15 is 0 Å². The van der Waals surface area contributed by atoms with Crippen LogP contribution in [0, 0.1) is 16.0 Å². The standard InChI is InChI=1S/C13H18N4O3/c14-16-10-3-1-2-9(12(10)17(18)19)15-11-6-7-20-13(11)8-4-5-8/h1-3,8,11,13,15-16H,4-7,14H2. The average molecular weight is 278 g/mol. The Balaban J connectivity index is 1.84. The Labute approximate surface area is 116 Å². The fraction of sp³-hybridized carbons (Fsp3) is 0.538. The van der Waals surface area contributed by atoms with E-state index in [4.69, 9.17) is 10.6 Å². The Hall–Kier alpha value is -1.86. The quantitative estimate of drug-likeness (QED) is 0.431. The van der Waals surface area contributed by atoms with E-state index in [1.54, 1.807) is 18.2 Å². The molecule has 1 aromatic carbocycles. The molecule has 1 aromatic rings. The van der Waals surface area contributed by atoms with E-state index in [0.717, 1.165) is 6.42 Å². The van der Waals surface area contributed by atoms with E-state index < -0.39 is 4.92 Å². The van der Waals surface area contributed by atoms with Crippen LogP contribution < -0.4 is 16.6 Å². The first-order valence-corrected chi connectivity index (χ1v) is 6.83. The number of nitrogens with two attached hydrogens (primary N) is 1. The number of nitrogens with zero attached hydrogens (tertiary/aromatic N) is 1. The summed E-state index contributed by atoms with van der Waals surface area (Å²) in [5.74, 6) is 5.95. The number of anilines is 2. The zero-order valence-corrected chi connectivity index (χ0v) is 11.0. The first-order chi connectivity index (χ1) is 9.70. The summed E-state index contributed by atoms with van der Waals surface area (Å²) in [6.07, 6.45) is 3.42. The number of hydrogen-bond acceptors (Lipinski definition) is 6. The van der Waals surface area contributed by atoms with Crippen LogP contribution in [0.3, 0.4) is 0 Å². The molecule has 0 radical (unpaired) electrons. The molecule has 1 heterocycles. The molecule has 3 rings (SSSR count). The zero-order chi connectivity index (χ0) is 14.1. The molecule has 1 aliphatic heterocycles. The third-order valence-electron chi connectivity index (χ3n) is 3.94. The minimum atomic E-state index is -0.417. The van der Waals surface area contributed by atoms with Crippen LogP contribution in [0.5, 0.6) is 0 Å². The second kappa shape index (κ2) is 5.26. The van der Waals surface area contributed by atoms with Crippen molar-refractivity contribution in [3.8, 4) is 0 Å². The fourth-order valence-corrected chi connectivity index (χ4v) is 2.83. The molecule has 108 valence electrons. The lowest BCUT2D eigenvalue weighted by Crippen LogP contribution is -2.31. The number of nitrogen functional groups attached to an aromatic ring is 1. The van der Waals surface area contributed by atoms with E-state index in [9.17, 15) is 10.1 Å². The SMILES string of the molecule is NNc1cccc(NC2CCOC2C2CC2)c1[N+](=O)[O-]. The van der Waals surface area contributed by atoms with Crippen LogP contribution in [0.2, 0.25) is 0 Å². The average Bonchev–Trinajstić information content (AvgIpc) is 3.18. The molecule has 1 aliphatic carbocycles. The van der Waals surface area contributed by atoms with Gasteiger partial charge in [-0.3, -0.25) is 16.0 Å². The van der Waals surface area contributed by atoms with Gasteiger partial charge in [0.2, 0.25) is 0 Å². The molecule has 0 amide bonds. The highest BCUT2D eigenvalue weighted by Crippen LogP contribution is 2.41. The van der Waals surface area contributed by atoms with Gasteiger partial charge in [-0.2, -0.15) is 0 Å². The number of nitro groups is 1. The number of ether oxygens (including phenoxy) is 1. The van der Waals surface area contributed by atoms with Gasteiger partial charge in [0.25, 0.3) is 0 Å². The van der Waals surface area contributed by atoms with Crippen molar-refractivity contribution in [1.82, 2.24) is 0 Å². The Morgan fingerprint density at radius 3 is 2.70 bits per heavy atom. The van der Waals surface area contributed by atoms with Crippen LogP contribution in [0.25, 0.3) is 0 Å². The summed E-state index contributed by atoms with van der Waals surface area (Å²) < 4.78 is 5.75. The monoisotopic (exact) mass is 278 g/mol. The number of nitro benzene ring substituents is 1. The van der Waals surface area contributed by atoms with E-state index in [-0.39, 0.29) is 17.8 Å². The van der Waals surface area contributed by atoms with Gasteiger partial charge in [-0.1, -0.05) is 6.07 Å². The maximum Gasteiger partial charge on any atom is 0.316 e. The van der Waals surface area contributed by atoms with Crippen LogP contribution in [-0.4, -0.2) is 23.7 Å². The number of benzene rings is 1. The number of nitrogens with one attached hydrogen (secondary N) is 2. The Bertz CT molecular complexity index is 518. The largest absolute Gasteiger partial charge is 0.376 e. The molecule has 20 heavy (non-hydrogen) atoms. The van der Waals surface area contributed by atoms with Gasteiger partial charge >= 0.3 is 5.69 Å². The summed E-state index contributed by atoms with van der Waals surface area (Å²) >= 11 is 0. The highest BCUT2D eigenvalue weighted by atomic mass is 16.6. The molecule has 1 saturated carbocycles. The maximum absolute atomic E-state index is 11.2. The predicted octanol–water partition coefficient (Wildman–Crippen LogP) is 1.86. The molecule has 7 nitrogen and oxygen atoms in total. The van der Waals surface area contributed by atoms with Crippen molar-refractivity contribution >= 4 is 17.1 Å². The lowest BCUT2D eigenvalue weighted by Gasteiger charge is -2.21. The fourth-order valence-electron chi connectivity index (χ4n) is 2.83. The molecule has 2 unspecified atom stereocenters. The molecule has 1 saturated heterocycles. The van der Waals surface area contributed by atoms with Gasteiger partial charge in [0, 0.05) is 6.61 Å². The van der Waals surface area contributed by atoms with Crippen molar-refractivity contribution in [1.29, 1.82) is 0 Å². The van der Waals surface area contributed by atoms with Gasteiger partial charge < -0.3 is 15.5 Å². The van der Waals surface area contributed by atoms with Gasteiger partial charge in [0.05, 0.1) is 17.1 Å². The minimum absolute atomic E-state index is 0.0172. The number of hydrazine groups is 1. The third-order valence-corrected chi connectivity index (χ3v) is 3.94. The smallest absolute Gasteiger partial charge is 0.316 e. The van der Waals surface area contributed by atoms with Crippen LogP contribution in [0.15, 0.2) is 18.2 Å². The van der Waals surface area contributed by atoms with Gasteiger partial charge in [-0.05, 0) is 37.3 Å². The van der Waals surface area contributed by atoms with Crippen molar-refractivity contribution in [2.75, 3.05) is 17.3 Å². The van der Waals surface area contributed by atoms with E-state index in [1.165, 1.54) is 12.8 Å². The van der Waals surface area contributed by atoms with E-state index in [2.05, 4.69) is 10.7 Å². The van der Waals surface area contributed by atoms with E-state index in [0.29, 0.717) is 23.9 Å². The molecule has 2 fully saturated rings. The van der Waals surface area contributed by atoms with Crippen LogP contribution in [-0.2, 0) is 4.74 Å². The van der Waals surface area contributed by atoms with Crippen molar-refractivity contribution in [2.24, 2.45) is 11.8 Å². The maximum atomic E-state index is 11.2. The number of rotatable bonds is 5. The zero-order valence-electron chi connectivity index (χ0n) is 11.0. The molecule has 7 heteroatoms. The van der Waals surface area contributed by atoms with Crippen molar-refractivity contribution in [3.63, 3.8) is 0 Å². The molecule has 0 aromatic heterocycles. The highest BCUT2D eigenvalue weighted by molar-refractivity contribution is 5.76. The second-order valence-electron chi connectivity index (χ2n) is 5.32. The molecule has 0 spiro atoms. The lowest BCUT2D eigenvalue weighted by atomic mass is 10.1. The van der Waals surface area contributed by atoms with Crippen molar-refractivity contribution in [3.05, 3.63) is 28.3 Å². The summed E-state index contributed by atoms with van der Waals surface area (Å²) in [6.45, 7) is 0.710. The third kappa shape index (κ3) is 2.41. The molecular weight excluding hydrogens is 260 g/mol. The molecule has 0 bridgehead atoms. The summed E-state index contributed by atoms with van der Waals surface area (Å²) in [7, 11) is 0. The molecule has 4 N–H and O–H groups in total. The Morgan fingerprint density at radius 1 is 1.30 bits per heavy atom. The lowest BCUT2D eigenvalue weighted by molar-refractivity contribution is -0.383. The second-order valence-corrected chi connectivity index (χ2v) is 5.32. The first kappa shape index (κ1) is 13.1. The van der Waals surface area contributed by atoms with Gasteiger partial charge in [-0.25, -0.2) is 0 Å². The van der Waals surface area contributed by atoms with Crippen LogP contribution in [0.1, 0.15) is 19.3 Å². The predicted molar refractivity (Wildman–Crippen MR) is 75.4 cm³/mol. The Kier molecular flexibility index (Phi) is 3.45. The highest BCUT2D eigenvalue weighted by Gasteiger charge is 2.41. The van der Waals surface area contributed by atoms with Gasteiger partial charge in [-0.15, -0.1) is 0 Å². The molecule has 2 atom stereocenters. The summed E-state index contributed by atoms with van der Waals surface area (Å²) in [5.41, 5.74) is 3.16. The van der Waals surface area contributed by atoms with Gasteiger partial charge in [0.15, 0.2) is 0 Å². The molecular formula is C13H18N4O3. The van der Waals surface area contributed by atoms with Crippen molar-refractivity contribution < 1.29 is 9.66 Å². The minimum Gasteiger partial charge on any atom is -0.376 e. The number of para-hydroxylation sites is 1. The van der Waals surface area contributed by atoms with Crippen LogP contribution in [0.4, 0.5) is 17.1 Å². The normalized spacial score (nSPS) is 25.4. The molecule has 2 aliphatic rings. The van der Waals surface area contributed by atoms with Crippen molar-refractivity contribution in [2.45, 2.75) is 31.4 Å². The topological polar surface area (TPSA) is 102 Å².